The Hall–Kier alpha value is -2.40. The average molecular weight is 378 g/mol. The van der Waals surface area contributed by atoms with Gasteiger partial charge in [0.05, 0.1) is 12.8 Å². The van der Waals surface area contributed by atoms with Gasteiger partial charge in [-0.05, 0) is 49.9 Å². The third-order valence-corrected chi connectivity index (χ3v) is 6.59. The Morgan fingerprint density at radius 3 is 2.81 bits per heavy atom. The molecule has 5 heteroatoms. The van der Waals surface area contributed by atoms with Crippen molar-refractivity contribution in [1.82, 2.24) is 9.97 Å². The maximum atomic E-state index is 6.55. The molecular weight excluding hydrogens is 356 g/mol. The second-order valence-corrected chi connectivity index (χ2v) is 8.28. The zero-order valence-corrected chi connectivity index (χ0v) is 16.2. The first-order valence-electron chi connectivity index (χ1n) is 9.53. The van der Waals surface area contributed by atoms with Crippen molar-refractivity contribution in [2.75, 3.05) is 7.11 Å². The van der Waals surface area contributed by atoms with E-state index in [1.165, 1.54) is 30.4 Å². The van der Waals surface area contributed by atoms with Gasteiger partial charge in [-0.25, -0.2) is 4.98 Å². The van der Waals surface area contributed by atoms with E-state index in [2.05, 4.69) is 16.4 Å². The Balaban J connectivity index is 1.56. The van der Waals surface area contributed by atoms with Crippen LogP contribution in [-0.2, 0) is 6.42 Å². The van der Waals surface area contributed by atoms with E-state index in [4.69, 9.17) is 14.5 Å². The van der Waals surface area contributed by atoms with Gasteiger partial charge in [0, 0.05) is 40.9 Å². The molecule has 3 aromatic rings. The van der Waals surface area contributed by atoms with Crippen molar-refractivity contribution in [2.24, 2.45) is 0 Å². The number of methoxy groups -OCH3 is 1. The third kappa shape index (κ3) is 2.90. The Kier molecular flexibility index (Phi) is 4.12. The lowest BCUT2D eigenvalue weighted by Gasteiger charge is -2.32. The van der Waals surface area contributed by atoms with Crippen LogP contribution < -0.4 is 9.47 Å². The summed E-state index contributed by atoms with van der Waals surface area (Å²) in [6.45, 7) is 0. The Labute approximate surface area is 163 Å². The molecule has 1 spiro atoms. The first-order chi connectivity index (χ1) is 13.3. The molecule has 0 amide bonds. The summed E-state index contributed by atoms with van der Waals surface area (Å²) in [6.07, 6.45) is 10.7. The molecule has 0 radical (unpaired) electrons. The molecule has 0 N–H and O–H groups in total. The summed E-state index contributed by atoms with van der Waals surface area (Å²) in [5.41, 5.74) is 4.40. The van der Waals surface area contributed by atoms with Gasteiger partial charge in [-0.3, -0.25) is 4.98 Å². The van der Waals surface area contributed by atoms with Gasteiger partial charge in [0.25, 0.3) is 0 Å². The van der Waals surface area contributed by atoms with E-state index in [1.807, 2.05) is 24.4 Å². The number of rotatable bonds is 3. The Bertz CT molecular complexity index is 962. The number of hydrogen-bond acceptors (Lipinski definition) is 5. The van der Waals surface area contributed by atoms with E-state index in [9.17, 15) is 0 Å². The smallest absolute Gasteiger partial charge is 0.166 e. The second kappa shape index (κ2) is 6.64. The molecule has 1 saturated carbocycles. The van der Waals surface area contributed by atoms with Gasteiger partial charge in [0.2, 0.25) is 0 Å². The van der Waals surface area contributed by atoms with Crippen molar-refractivity contribution in [1.29, 1.82) is 0 Å². The van der Waals surface area contributed by atoms with Gasteiger partial charge in [0.1, 0.15) is 10.6 Å². The van der Waals surface area contributed by atoms with E-state index in [0.717, 1.165) is 47.0 Å². The largest absolute Gasteiger partial charge is 0.493 e. The molecular formula is C22H22N2O2S. The van der Waals surface area contributed by atoms with Crippen LogP contribution in [0.2, 0.25) is 0 Å². The van der Waals surface area contributed by atoms with Crippen LogP contribution in [0.3, 0.4) is 0 Å². The lowest BCUT2D eigenvalue weighted by Crippen LogP contribution is -2.36. The molecule has 0 atom stereocenters. The molecule has 0 saturated heterocycles. The van der Waals surface area contributed by atoms with Crippen LogP contribution in [0, 0.1) is 0 Å². The van der Waals surface area contributed by atoms with Crippen LogP contribution in [0.1, 0.15) is 37.7 Å². The number of pyridine rings is 1. The molecule has 2 aromatic heterocycles. The minimum absolute atomic E-state index is 0.0482. The normalized spacial score (nSPS) is 17.5. The summed E-state index contributed by atoms with van der Waals surface area (Å²) in [4.78, 5) is 9.11. The third-order valence-electron chi connectivity index (χ3n) is 5.72. The number of hydrogen-bond donors (Lipinski definition) is 0. The van der Waals surface area contributed by atoms with Crippen LogP contribution >= 0.6 is 11.3 Å². The Morgan fingerprint density at radius 1 is 1.15 bits per heavy atom. The highest BCUT2D eigenvalue weighted by Crippen LogP contribution is 2.51. The van der Waals surface area contributed by atoms with Gasteiger partial charge < -0.3 is 9.47 Å². The van der Waals surface area contributed by atoms with Gasteiger partial charge in [-0.15, -0.1) is 11.3 Å². The van der Waals surface area contributed by atoms with E-state index in [1.54, 1.807) is 24.6 Å². The van der Waals surface area contributed by atoms with Gasteiger partial charge in [0.15, 0.2) is 11.5 Å². The van der Waals surface area contributed by atoms with Crippen molar-refractivity contribution in [3.63, 3.8) is 0 Å². The fourth-order valence-electron chi connectivity index (χ4n) is 4.35. The summed E-state index contributed by atoms with van der Waals surface area (Å²) in [7, 11) is 1.72. The van der Waals surface area contributed by atoms with Gasteiger partial charge in [-0.2, -0.15) is 0 Å². The average Bonchev–Trinajstić information content (AvgIpc) is 3.34. The fraction of sp³-hybridized carbons (Fsp3) is 0.364. The molecule has 4 nitrogen and oxygen atoms in total. The zero-order valence-electron chi connectivity index (χ0n) is 15.4. The maximum Gasteiger partial charge on any atom is 0.166 e. The molecule has 1 aliphatic heterocycles. The molecule has 1 fully saturated rings. The number of nitrogens with zero attached hydrogens (tertiary/aromatic N) is 2. The van der Waals surface area contributed by atoms with Crippen LogP contribution in [0.25, 0.3) is 21.8 Å². The lowest BCUT2D eigenvalue weighted by atomic mass is 9.81. The molecule has 138 valence electrons. The number of benzene rings is 1. The van der Waals surface area contributed by atoms with E-state index in [0.29, 0.717) is 0 Å². The number of ether oxygens (including phenoxy) is 2. The summed E-state index contributed by atoms with van der Waals surface area (Å²) in [5, 5.41) is 3.14. The van der Waals surface area contributed by atoms with E-state index in [-0.39, 0.29) is 5.60 Å². The van der Waals surface area contributed by atoms with Crippen LogP contribution in [0.4, 0.5) is 0 Å². The highest BCUT2D eigenvalue weighted by atomic mass is 32.1. The van der Waals surface area contributed by atoms with E-state index >= 15 is 0 Å². The van der Waals surface area contributed by atoms with E-state index < -0.39 is 0 Å². The molecule has 1 aliphatic carbocycles. The lowest BCUT2D eigenvalue weighted by molar-refractivity contribution is 0.0507. The SMILES string of the molecule is COc1ccc(-c2nc(-c3cccnc3)cs2)c2c1OC1(CCCCC1)C2. The minimum Gasteiger partial charge on any atom is -0.493 e. The summed E-state index contributed by atoms with van der Waals surface area (Å²) in [6, 6.07) is 8.14. The maximum absolute atomic E-state index is 6.55. The molecule has 27 heavy (non-hydrogen) atoms. The molecule has 2 aliphatic rings. The van der Waals surface area contributed by atoms with Crippen molar-refractivity contribution in [3.8, 4) is 33.3 Å². The standard InChI is InChI=1S/C22H22N2O2S/c1-25-19-8-7-16(17-12-22(26-20(17)19)9-3-2-4-10-22)21-24-18(14-27-21)15-6-5-11-23-13-15/h5-8,11,13-14H,2-4,9-10,12H2,1H3. The fourth-order valence-corrected chi connectivity index (χ4v) is 5.23. The predicted molar refractivity (Wildman–Crippen MR) is 107 cm³/mol. The number of fused-ring (bicyclic) bond motifs is 1. The Morgan fingerprint density at radius 2 is 2.04 bits per heavy atom. The van der Waals surface area contributed by atoms with Crippen LogP contribution in [0.15, 0.2) is 42.0 Å². The first kappa shape index (κ1) is 16.8. The topological polar surface area (TPSA) is 44.2 Å². The highest BCUT2D eigenvalue weighted by Gasteiger charge is 2.43. The predicted octanol–water partition coefficient (Wildman–Crippen LogP) is 5.52. The van der Waals surface area contributed by atoms with Gasteiger partial charge in [-0.1, -0.05) is 6.42 Å². The summed E-state index contributed by atoms with van der Waals surface area (Å²) >= 11 is 1.68. The molecule has 0 unspecified atom stereocenters. The minimum atomic E-state index is -0.0482. The second-order valence-electron chi connectivity index (χ2n) is 7.43. The number of aromatic nitrogens is 2. The van der Waals surface area contributed by atoms with Crippen LogP contribution in [0.5, 0.6) is 11.5 Å². The monoisotopic (exact) mass is 378 g/mol. The van der Waals surface area contributed by atoms with Crippen molar-refractivity contribution in [3.05, 3.63) is 47.6 Å². The van der Waals surface area contributed by atoms with Gasteiger partial charge >= 0.3 is 0 Å². The molecule has 5 rings (SSSR count). The summed E-state index contributed by atoms with van der Waals surface area (Å²) in [5.74, 6) is 1.76. The zero-order chi connectivity index (χ0) is 18.3. The quantitative estimate of drug-likeness (QED) is 0.602. The first-order valence-corrected chi connectivity index (χ1v) is 10.4. The summed E-state index contributed by atoms with van der Waals surface area (Å²) < 4.78 is 12.2. The van der Waals surface area contributed by atoms with Crippen molar-refractivity contribution < 1.29 is 9.47 Å². The highest BCUT2D eigenvalue weighted by molar-refractivity contribution is 7.13. The number of thiazole rings is 1. The van der Waals surface area contributed by atoms with Crippen LogP contribution in [-0.4, -0.2) is 22.7 Å². The van der Waals surface area contributed by atoms with Crippen molar-refractivity contribution in [2.45, 2.75) is 44.1 Å². The molecule has 3 heterocycles. The molecule has 1 aromatic carbocycles. The molecule has 0 bridgehead atoms. The van der Waals surface area contributed by atoms with Crippen molar-refractivity contribution >= 4 is 11.3 Å².